The molecule has 0 amide bonds. The van der Waals surface area contributed by atoms with Crippen LogP contribution in [0.3, 0.4) is 0 Å². The van der Waals surface area contributed by atoms with Crippen LogP contribution in [0.15, 0.2) is 0 Å². The molecule has 0 aliphatic rings. The fraction of sp³-hybridized carbons (Fsp3) is 1.00. The first-order valence-corrected chi connectivity index (χ1v) is 15.6. The molecule has 0 atom stereocenters. The van der Waals surface area contributed by atoms with Crippen molar-refractivity contribution in [1.82, 2.24) is 0 Å². The van der Waals surface area contributed by atoms with Crippen molar-refractivity contribution in [1.29, 1.82) is 0 Å². The van der Waals surface area contributed by atoms with Crippen molar-refractivity contribution in [2.24, 2.45) is 0 Å². The van der Waals surface area contributed by atoms with E-state index in [9.17, 15) is 43.9 Å². The average molecular weight is 659 g/mol. The Morgan fingerprint density at radius 2 is 0.800 bits per heavy atom. The van der Waals surface area contributed by atoms with Crippen LogP contribution < -0.4 is 0 Å². The SMILES string of the molecule is CCCCC[O][Sn]([O]CCCCC)([C](F)(F)C(F)(F)C(F)(F)CF)[C](F)(F)C(F)(F)C(F)(F)CF. The number of rotatable bonds is 18. The Bertz CT molecular complexity index is 591. The Morgan fingerprint density at radius 1 is 0.514 bits per heavy atom. The van der Waals surface area contributed by atoms with Gasteiger partial charge in [0.05, 0.1) is 0 Å². The summed E-state index contributed by atoms with van der Waals surface area (Å²) in [6, 6.07) is 0. The van der Waals surface area contributed by atoms with Gasteiger partial charge in [0.2, 0.25) is 0 Å². The number of hydrogen-bond acceptors (Lipinski definition) is 2. The van der Waals surface area contributed by atoms with Gasteiger partial charge in [-0.2, -0.15) is 0 Å². The first kappa shape index (κ1) is 34.7. The molecule has 0 heterocycles. The summed E-state index contributed by atoms with van der Waals surface area (Å²) in [5.41, 5.74) is 0. The van der Waals surface area contributed by atoms with Crippen LogP contribution in [0, 0.1) is 0 Å². The summed E-state index contributed by atoms with van der Waals surface area (Å²) in [6.07, 6.45) is -0.776. The number of alkyl halides is 14. The van der Waals surface area contributed by atoms with Crippen molar-refractivity contribution in [2.75, 3.05) is 26.6 Å². The number of unbranched alkanes of at least 4 members (excludes halogenated alkanes) is 4. The van der Waals surface area contributed by atoms with Gasteiger partial charge in [-0.25, -0.2) is 0 Å². The zero-order valence-electron chi connectivity index (χ0n) is 18.7. The molecule has 0 rings (SSSR count). The van der Waals surface area contributed by atoms with Gasteiger partial charge in [0.1, 0.15) is 0 Å². The molecular weight excluding hydrogens is 633 g/mol. The Kier molecular flexibility index (Phi) is 12.4. The monoisotopic (exact) mass is 660 g/mol. The van der Waals surface area contributed by atoms with Gasteiger partial charge in [0, 0.05) is 0 Å². The molecule has 0 aromatic rings. The normalized spacial score (nSPS) is 15.1. The van der Waals surface area contributed by atoms with Crippen LogP contribution in [0.2, 0.25) is 0 Å². The van der Waals surface area contributed by atoms with Gasteiger partial charge in [-0.05, 0) is 0 Å². The van der Waals surface area contributed by atoms with Gasteiger partial charge in [-0.3, -0.25) is 0 Å². The zero-order valence-corrected chi connectivity index (χ0v) is 21.5. The van der Waals surface area contributed by atoms with Gasteiger partial charge >= 0.3 is 197 Å². The van der Waals surface area contributed by atoms with Crippen molar-refractivity contribution in [3.63, 3.8) is 0 Å². The molecule has 0 unspecified atom stereocenters. The molecule has 212 valence electrons. The van der Waals surface area contributed by atoms with E-state index in [-0.39, 0.29) is 25.7 Å². The van der Waals surface area contributed by atoms with E-state index in [0.717, 1.165) is 0 Å². The predicted molar refractivity (Wildman–Crippen MR) is 98.3 cm³/mol. The Labute approximate surface area is 197 Å². The van der Waals surface area contributed by atoms with E-state index in [1.54, 1.807) is 0 Å². The van der Waals surface area contributed by atoms with Gasteiger partial charge in [-0.1, -0.05) is 0 Å². The Balaban J connectivity index is 7.24. The molecule has 0 aliphatic heterocycles. The quantitative estimate of drug-likeness (QED) is 0.0855. The summed E-state index contributed by atoms with van der Waals surface area (Å²) in [6.45, 7) is -7.09. The first-order chi connectivity index (χ1) is 15.7. The first-order valence-electron chi connectivity index (χ1n) is 10.4. The summed E-state index contributed by atoms with van der Waals surface area (Å²) in [5, 5.41) is 0. The summed E-state index contributed by atoms with van der Waals surface area (Å²) in [4.78, 5) is 0. The molecule has 35 heavy (non-hydrogen) atoms. The van der Waals surface area contributed by atoms with E-state index in [1.165, 1.54) is 13.8 Å². The molecule has 0 saturated carbocycles. The standard InChI is InChI=1S/2C5H11O.2C4H2F7.Sn/c2*1-2-3-4-5-6;2*5-1-3(8,9)4(10,11)2(6)7;/h2*2-5H2,1H3;2*1H2;/q2*-1;;;+2. The molecule has 0 fully saturated rings. The second kappa shape index (κ2) is 12.5. The third kappa shape index (κ3) is 6.25. The fourth-order valence-electron chi connectivity index (χ4n) is 2.78. The predicted octanol–water partition coefficient (Wildman–Crippen LogP) is 7.67. The second-order valence-electron chi connectivity index (χ2n) is 7.70. The summed E-state index contributed by atoms with van der Waals surface area (Å²) in [5.74, 6) is -27.1. The number of halogens is 14. The van der Waals surface area contributed by atoms with E-state index in [0.29, 0.717) is 0 Å². The average Bonchev–Trinajstić information content (AvgIpc) is 2.77. The van der Waals surface area contributed by atoms with Crippen LogP contribution in [-0.2, 0) is 6.15 Å². The van der Waals surface area contributed by atoms with E-state index in [2.05, 4.69) is 6.15 Å². The molecule has 0 aliphatic carbocycles. The third-order valence-corrected chi connectivity index (χ3v) is 15.0. The van der Waals surface area contributed by atoms with Crippen molar-refractivity contribution < 1.29 is 67.6 Å². The molecule has 0 aromatic carbocycles. The van der Waals surface area contributed by atoms with Crippen LogP contribution in [0.1, 0.15) is 52.4 Å². The van der Waals surface area contributed by atoms with E-state index < -0.39 is 90.2 Å². The molecule has 0 spiro atoms. The second-order valence-corrected chi connectivity index (χ2v) is 16.5. The molecule has 0 N–H and O–H groups in total. The van der Waals surface area contributed by atoms with Crippen LogP contribution in [0.4, 0.5) is 61.5 Å². The zero-order chi connectivity index (χ0) is 28.0. The van der Waals surface area contributed by atoms with Gasteiger partial charge < -0.3 is 0 Å². The van der Waals surface area contributed by atoms with E-state index in [4.69, 9.17) is 0 Å². The minimum absolute atomic E-state index is 0.0526. The van der Waals surface area contributed by atoms with Gasteiger partial charge in [0.15, 0.2) is 0 Å². The molecule has 0 saturated heterocycles. The molecule has 0 bridgehead atoms. The molecule has 0 aromatic heterocycles. The number of hydrogen-bond donors (Lipinski definition) is 0. The van der Waals surface area contributed by atoms with Crippen LogP contribution in [-0.4, -0.2) is 77.3 Å². The van der Waals surface area contributed by atoms with Gasteiger partial charge in [-0.15, -0.1) is 0 Å². The summed E-state index contributed by atoms with van der Waals surface area (Å²) >= 11 is -9.43. The van der Waals surface area contributed by atoms with Crippen LogP contribution >= 0.6 is 0 Å². The molecule has 2 nitrogen and oxygen atoms in total. The molecular formula is C18H26F14O2Sn. The van der Waals surface area contributed by atoms with Gasteiger partial charge in [0.25, 0.3) is 0 Å². The van der Waals surface area contributed by atoms with Crippen molar-refractivity contribution in [3.8, 4) is 0 Å². The minimum atomic E-state index is -9.43. The Morgan fingerprint density at radius 3 is 1.03 bits per heavy atom. The van der Waals surface area contributed by atoms with Crippen molar-refractivity contribution >= 4 is 19.2 Å². The summed E-state index contributed by atoms with van der Waals surface area (Å²) < 4.78 is 190. The summed E-state index contributed by atoms with van der Waals surface area (Å²) in [7, 11) is 0. The maximum absolute atomic E-state index is 15.0. The fourth-order valence-corrected chi connectivity index (χ4v) is 12.1. The Hall–Kier alpha value is -0.261. The van der Waals surface area contributed by atoms with Crippen molar-refractivity contribution in [2.45, 2.75) is 83.9 Å². The maximum atomic E-state index is 15.0. The third-order valence-electron chi connectivity index (χ3n) is 4.98. The van der Waals surface area contributed by atoms with Crippen LogP contribution in [0.25, 0.3) is 0 Å². The van der Waals surface area contributed by atoms with E-state index >= 15 is 17.6 Å². The van der Waals surface area contributed by atoms with E-state index in [1.807, 2.05) is 0 Å². The van der Waals surface area contributed by atoms with Crippen LogP contribution in [0.5, 0.6) is 0 Å². The molecule has 0 radical (unpaired) electrons. The molecule has 17 heteroatoms. The topological polar surface area (TPSA) is 18.5 Å². The van der Waals surface area contributed by atoms with Crippen molar-refractivity contribution in [3.05, 3.63) is 0 Å².